The fourth-order valence-electron chi connectivity index (χ4n) is 3.43. The second-order valence-electron chi connectivity index (χ2n) is 7.22. The van der Waals surface area contributed by atoms with Gasteiger partial charge in [-0.2, -0.15) is 5.10 Å². The maximum atomic E-state index is 13.1. The van der Waals surface area contributed by atoms with Crippen molar-refractivity contribution < 1.29 is 23.8 Å². The molecule has 1 aliphatic rings. The number of benzene rings is 2. The summed E-state index contributed by atoms with van der Waals surface area (Å²) in [5.41, 5.74) is 2.44. The van der Waals surface area contributed by atoms with Crippen LogP contribution < -0.4 is 14.2 Å². The van der Waals surface area contributed by atoms with Crippen LogP contribution in [-0.2, 0) is 9.59 Å². The molecule has 0 saturated carbocycles. The van der Waals surface area contributed by atoms with Gasteiger partial charge in [-0.15, -0.1) is 0 Å². The molecule has 1 atom stereocenters. The van der Waals surface area contributed by atoms with Crippen molar-refractivity contribution in [1.82, 2.24) is 9.91 Å². The Balaban J connectivity index is 2.00. The predicted molar refractivity (Wildman–Crippen MR) is 117 cm³/mol. The highest BCUT2D eigenvalue weighted by atomic mass is 16.5. The Morgan fingerprint density at radius 1 is 1.03 bits per heavy atom. The lowest BCUT2D eigenvalue weighted by molar-refractivity contribution is -0.139. The van der Waals surface area contributed by atoms with Crippen LogP contribution >= 0.6 is 0 Å². The fourth-order valence-corrected chi connectivity index (χ4v) is 3.43. The first-order valence-electron chi connectivity index (χ1n) is 9.85. The summed E-state index contributed by atoms with van der Waals surface area (Å²) in [6.07, 6.45) is 0.491. The molecule has 164 valence electrons. The van der Waals surface area contributed by atoms with Crippen molar-refractivity contribution in [2.24, 2.45) is 5.10 Å². The van der Waals surface area contributed by atoms with E-state index in [1.165, 1.54) is 16.8 Å². The van der Waals surface area contributed by atoms with E-state index < -0.39 is 6.04 Å². The number of carbonyl (C=O) groups is 2. The lowest BCUT2D eigenvalue weighted by Crippen LogP contribution is -2.38. The van der Waals surface area contributed by atoms with Crippen molar-refractivity contribution in [3.63, 3.8) is 0 Å². The van der Waals surface area contributed by atoms with Gasteiger partial charge in [0.05, 0.1) is 33.1 Å². The Morgan fingerprint density at radius 2 is 1.68 bits per heavy atom. The molecule has 2 aromatic carbocycles. The molecule has 0 fully saturated rings. The van der Waals surface area contributed by atoms with E-state index in [2.05, 4.69) is 5.10 Å². The van der Waals surface area contributed by atoms with E-state index >= 15 is 0 Å². The third-order valence-electron chi connectivity index (χ3n) is 5.29. The van der Waals surface area contributed by atoms with Crippen LogP contribution in [-0.4, -0.2) is 62.4 Å². The van der Waals surface area contributed by atoms with E-state index in [-0.39, 0.29) is 18.4 Å². The maximum absolute atomic E-state index is 13.1. The zero-order valence-electron chi connectivity index (χ0n) is 18.4. The molecular formula is C23H27N3O5. The van der Waals surface area contributed by atoms with Gasteiger partial charge >= 0.3 is 0 Å². The van der Waals surface area contributed by atoms with E-state index in [9.17, 15) is 9.59 Å². The van der Waals surface area contributed by atoms with Crippen molar-refractivity contribution in [2.45, 2.75) is 19.4 Å². The number of nitrogens with zero attached hydrogens (tertiary/aromatic N) is 3. The lowest BCUT2D eigenvalue weighted by Gasteiger charge is -2.25. The van der Waals surface area contributed by atoms with Crippen LogP contribution in [0.15, 0.2) is 47.6 Å². The first kappa shape index (κ1) is 22.1. The zero-order chi connectivity index (χ0) is 22.5. The summed E-state index contributed by atoms with van der Waals surface area (Å²) in [6.45, 7) is 1.35. The molecule has 2 aromatic rings. The van der Waals surface area contributed by atoms with Crippen LogP contribution in [0.5, 0.6) is 17.2 Å². The minimum Gasteiger partial charge on any atom is -0.497 e. The molecule has 0 N–H and O–H groups in total. The molecule has 0 aliphatic carbocycles. The monoisotopic (exact) mass is 425 g/mol. The third kappa shape index (κ3) is 4.79. The zero-order valence-corrected chi connectivity index (χ0v) is 18.4. The molecule has 0 radical (unpaired) electrons. The van der Waals surface area contributed by atoms with Gasteiger partial charge in [0.15, 0.2) is 0 Å². The average Bonchev–Trinajstić information content (AvgIpc) is 3.24. The number of hydrogen-bond donors (Lipinski definition) is 0. The van der Waals surface area contributed by atoms with Crippen molar-refractivity contribution in [3.8, 4) is 17.2 Å². The molecule has 0 spiro atoms. The smallest absolute Gasteiger partial charge is 0.262 e. The molecule has 2 amide bonds. The molecule has 0 unspecified atom stereocenters. The molecule has 31 heavy (non-hydrogen) atoms. The van der Waals surface area contributed by atoms with Crippen LogP contribution in [0.3, 0.4) is 0 Å². The lowest BCUT2D eigenvalue weighted by atomic mass is 9.97. The van der Waals surface area contributed by atoms with Crippen molar-refractivity contribution in [1.29, 1.82) is 0 Å². The second-order valence-corrected chi connectivity index (χ2v) is 7.22. The van der Waals surface area contributed by atoms with E-state index in [0.29, 0.717) is 17.9 Å². The van der Waals surface area contributed by atoms with Crippen LogP contribution in [0.4, 0.5) is 0 Å². The third-order valence-corrected chi connectivity index (χ3v) is 5.29. The average molecular weight is 425 g/mol. The summed E-state index contributed by atoms with van der Waals surface area (Å²) in [6, 6.07) is 12.6. The second kappa shape index (κ2) is 9.51. The molecule has 8 nitrogen and oxygen atoms in total. The highest BCUT2D eigenvalue weighted by Crippen LogP contribution is 2.39. The standard InChI is InChI=1S/C23H27N3O5/c1-15(27)25(2)14-23(28)26-21(19-12-18(30-4)10-11-22(19)31-5)13-20(24-26)16-6-8-17(29-3)9-7-16/h6-12,21H,13-14H2,1-5H3/t21-/m0/s1. The maximum Gasteiger partial charge on any atom is 0.262 e. The quantitative estimate of drug-likeness (QED) is 0.682. The van der Waals surface area contributed by atoms with Crippen LogP contribution in [0.1, 0.15) is 30.5 Å². The van der Waals surface area contributed by atoms with Gasteiger partial charge in [0.25, 0.3) is 5.91 Å². The van der Waals surface area contributed by atoms with Gasteiger partial charge in [0.2, 0.25) is 5.91 Å². The van der Waals surface area contributed by atoms with E-state index in [0.717, 1.165) is 22.6 Å². The van der Waals surface area contributed by atoms with Gasteiger partial charge in [-0.1, -0.05) is 0 Å². The summed E-state index contributed by atoms with van der Waals surface area (Å²) in [5.74, 6) is 1.56. The normalized spacial score (nSPS) is 15.3. The SMILES string of the molecule is COc1ccc(C2=NN(C(=O)CN(C)C(C)=O)[C@H](c3cc(OC)ccc3OC)C2)cc1. The van der Waals surface area contributed by atoms with Gasteiger partial charge in [-0.3, -0.25) is 9.59 Å². The summed E-state index contributed by atoms with van der Waals surface area (Å²) < 4.78 is 16.2. The molecule has 1 heterocycles. The van der Waals surface area contributed by atoms with Crippen LogP contribution in [0, 0.1) is 0 Å². The number of amides is 2. The molecule has 0 bridgehead atoms. The van der Waals surface area contributed by atoms with Gasteiger partial charge in [0, 0.05) is 26.0 Å². The summed E-state index contributed by atoms with van der Waals surface area (Å²) >= 11 is 0. The van der Waals surface area contributed by atoms with Gasteiger partial charge in [-0.25, -0.2) is 5.01 Å². The first-order chi connectivity index (χ1) is 14.9. The van der Waals surface area contributed by atoms with Crippen LogP contribution in [0.25, 0.3) is 0 Å². The molecule has 0 aromatic heterocycles. The Hall–Kier alpha value is -3.55. The Labute approximate surface area is 182 Å². The van der Waals surface area contributed by atoms with E-state index in [4.69, 9.17) is 14.2 Å². The minimum absolute atomic E-state index is 0.0719. The molecule has 1 aliphatic heterocycles. The first-order valence-corrected chi connectivity index (χ1v) is 9.85. The van der Waals surface area contributed by atoms with Gasteiger partial charge in [-0.05, 0) is 48.0 Å². The fraction of sp³-hybridized carbons (Fsp3) is 0.348. The number of rotatable bonds is 7. The Kier molecular flexibility index (Phi) is 6.79. The largest absolute Gasteiger partial charge is 0.497 e. The minimum atomic E-state index is -0.394. The summed E-state index contributed by atoms with van der Waals surface area (Å²) in [7, 11) is 6.37. The number of hydrazone groups is 1. The molecule has 8 heteroatoms. The van der Waals surface area contributed by atoms with E-state index in [1.54, 1.807) is 34.4 Å². The predicted octanol–water partition coefficient (Wildman–Crippen LogP) is 2.87. The summed E-state index contributed by atoms with van der Waals surface area (Å²) in [5, 5.41) is 6.08. The topological polar surface area (TPSA) is 80.7 Å². The number of methoxy groups -OCH3 is 3. The Bertz CT molecular complexity index is 987. The summed E-state index contributed by atoms with van der Waals surface area (Å²) in [4.78, 5) is 26.1. The van der Waals surface area contributed by atoms with Crippen molar-refractivity contribution in [3.05, 3.63) is 53.6 Å². The van der Waals surface area contributed by atoms with E-state index in [1.807, 2.05) is 36.4 Å². The van der Waals surface area contributed by atoms with Crippen molar-refractivity contribution >= 4 is 17.5 Å². The Morgan fingerprint density at radius 3 is 2.26 bits per heavy atom. The van der Waals surface area contributed by atoms with Gasteiger partial charge in [0.1, 0.15) is 23.8 Å². The molecule has 0 saturated heterocycles. The van der Waals surface area contributed by atoms with Crippen molar-refractivity contribution in [2.75, 3.05) is 34.9 Å². The van der Waals surface area contributed by atoms with Gasteiger partial charge < -0.3 is 19.1 Å². The number of hydrogen-bond acceptors (Lipinski definition) is 6. The molecule has 3 rings (SSSR count). The number of ether oxygens (including phenoxy) is 3. The number of carbonyl (C=O) groups excluding carboxylic acids is 2. The molecular weight excluding hydrogens is 398 g/mol. The van der Waals surface area contributed by atoms with Crippen LogP contribution in [0.2, 0.25) is 0 Å². The highest BCUT2D eigenvalue weighted by Gasteiger charge is 2.35. The number of likely N-dealkylation sites (N-methyl/N-ethyl adjacent to an activating group) is 1. The highest BCUT2D eigenvalue weighted by molar-refractivity contribution is 6.03.